The first kappa shape index (κ1) is 23.7. The van der Waals surface area contributed by atoms with Crippen LogP contribution in [0.4, 0.5) is 0 Å². The van der Waals surface area contributed by atoms with Gasteiger partial charge in [0, 0.05) is 72.4 Å². The Hall–Kier alpha value is -0.610. The number of nitrogens with one attached hydrogen (secondary N) is 1. The van der Waals surface area contributed by atoms with E-state index in [9.17, 15) is 4.79 Å². The maximum Gasteiger partial charge on any atom is 0.219 e. The van der Waals surface area contributed by atoms with Crippen LogP contribution in [-0.2, 0) is 9.53 Å². The monoisotopic (exact) mass is 507 g/mol. The lowest BCUT2D eigenvalue weighted by Crippen LogP contribution is -2.59. The van der Waals surface area contributed by atoms with Gasteiger partial charge in [-0.1, -0.05) is 12.8 Å². The van der Waals surface area contributed by atoms with E-state index in [1.165, 1.54) is 25.7 Å². The molecule has 0 spiro atoms. The number of hydrogen-bond donors (Lipinski definition) is 1. The van der Waals surface area contributed by atoms with E-state index in [1.54, 1.807) is 6.92 Å². The highest BCUT2D eigenvalue weighted by molar-refractivity contribution is 14.0. The Labute approximate surface area is 187 Å². The molecule has 3 fully saturated rings. The van der Waals surface area contributed by atoms with Crippen molar-refractivity contribution in [1.82, 2.24) is 20.0 Å². The second-order valence-corrected chi connectivity index (χ2v) is 8.25. The van der Waals surface area contributed by atoms with Crippen LogP contribution in [0.15, 0.2) is 4.99 Å². The van der Waals surface area contributed by atoms with E-state index in [4.69, 9.17) is 4.74 Å². The highest BCUT2D eigenvalue weighted by Crippen LogP contribution is 2.36. The second-order valence-electron chi connectivity index (χ2n) is 8.25. The second kappa shape index (κ2) is 11.0. The van der Waals surface area contributed by atoms with Gasteiger partial charge in [0.15, 0.2) is 5.96 Å². The molecule has 3 rings (SSSR count). The van der Waals surface area contributed by atoms with Gasteiger partial charge in [-0.05, 0) is 25.7 Å². The molecule has 0 atom stereocenters. The number of amides is 1. The standard InChI is InChI=1S/C20H37N5O2.HI/c1-17(26)23-12-14-24(15-13-23)19(21-2)22-16-20(8-4-5-9-20)25-10-6-18(27-3)7-11-25;/h18H,4-16H2,1-3H3,(H,21,22);1H. The van der Waals surface area contributed by atoms with Crippen LogP contribution in [-0.4, -0.2) is 98.2 Å². The van der Waals surface area contributed by atoms with Crippen molar-refractivity contribution in [3.05, 3.63) is 0 Å². The van der Waals surface area contributed by atoms with Crippen molar-refractivity contribution < 1.29 is 9.53 Å². The smallest absolute Gasteiger partial charge is 0.219 e. The molecule has 8 heteroatoms. The molecule has 2 aliphatic heterocycles. The molecule has 0 bridgehead atoms. The van der Waals surface area contributed by atoms with Crippen LogP contribution in [0.1, 0.15) is 45.4 Å². The third-order valence-corrected chi connectivity index (χ3v) is 6.79. The van der Waals surface area contributed by atoms with Crippen LogP contribution in [0.3, 0.4) is 0 Å². The summed E-state index contributed by atoms with van der Waals surface area (Å²) in [6, 6.07) is 0. The minimum Gasteiger partial charge on any atom is -0.381 e. The Balaban J connectivity index is 0.00000280. The fourth-order valence-corrected chi connectivity index (χ4v) is 5.01. The van der Waals surface area contributed by atoms with Crippen molar-refractivity contribution >= 4 is 35.8 Å². The van der Waals surface area contributed by atoms with Crippen molar-refractivity contribution in [1.29, 1.82) is 0 Å². The summed E-state index contributed by atoms with van der Waals surface area (Å²) in [6.45, 7) is 8.16. The van der Waals surface area contributed by atoms with E-state index in [2.05, 4.69) is 20.1 Å². The molecule has 7 nitrogen and oxygen atoms in total. The van der Waals surface area contributed by atoms with Gasteiger partial charge in [0.2, 0.25) is 5.91 Å². The van der Waals surface area contributed by atoms with Gasteiger partial charge in [0.1, 0.15) is 0 Å². The number of piperidine rings is 1. The molecule has 0 aromatic heterocycles. The normalized spacial score (nSPS) is 24.2. The minimum absolute atomic E-state index is 0. The van der Waals surface area contributed by atoms with E-state index in [0.717, 1.165) is 64.6 Å². The molecule has 1 aliphatic carbocycles. The molecule has 162 valence electrons. The molecule has 2 heterocycles. The Morgan fingerprint density at radius 2 is 1.64 bits per heavy atom. The summed E-state index contributed by atoms with van der Waals surface area (Å²) in [5.74, 6) is 1.15. The van der Waals surface area contributed by atoms with Gasteiger partial charge in [-0.25, -0.2) is 0 Å². The first-order valence-corrected chi connectivity index (χ1v) is 10.6. The Morgan fingerprint density at radius 3 is 2.14 bits per heavy atom. The van der Waals surface area contributed by atoms with Crippen LogP contribution in [0.5, 0.6) is 0 Å². The van der Waals surface area contributed by atoms with Gasteiger partial charge in [-0.15, -0.1) is 24.0 Å². The summed E-state index contributed by atoms with van der Waals surface area (Å²) >= 11 is 0. The predicted octanol–water partition coefficient (Wildman–Crippen LogP) is 1.77. The van der Waals surface area contributed by atoms with Crippen LogP contribution in [0, 0.1) is 0 Å². The number of likely N-dealkylation sites (tertiary alicyclic amines) is 1. The molecular weight excluding hydrogens is 469 g/mol. The van der Waals surface area contributed by atoms with Crippen LogP contribution >= 0.6 is 24.0 Å². The number of nitrogens with zero attached hydrogens (tertiary/aromatic N) is 4. The fraction of sp³-hybridized carbons (Fsp3) is 0.900. The Bertz CT molecular complexity index is 523. The summed E-state index contributed by atoms with van der Waals surface area (Å²) < 4.78 is 5.56. The molecule has 1 amide bonds. The van der Waals surface area contributed by atoms with Crippen molar-refractivity contribution in [3.63, 3.8) is 0 Å². The van der Waals surface area contributed by atoms with E-state index >= 15 is 0 Å². The SMILES string of the molecule is CN=C(NCC1(N2CCC(OC)CC2)CCCC1)N1CCN(C(C)=O)CC1.I. The van der Waals surface area contributed by atoms with E-state index < -0.39 is 0 Å². The van der Waals surface area contributed by atoms with Crippen molar-refractivity contribution in [2.24, 2.45) is 4.99 Å². The minimum atomic E-state index is 0. The highest BCUT2D eigenvalue weighted by Gasteiger charge is 2.41. The zero-order valence-electron chi connectivity index (χ0n) is 17.8. The first-order valence-electron chi connectivity index (χ1n) is 10.6. The molecule has 0 aromatic carbocycles. The number of piperazine rings is 1. The topological polar surface area (TPSA) is 60.4 Å². The summed E-state index contributed by atoms with van der Waals surface area (Å²) in [6.07, 6.45) is 7.89. The quantitative estimate of drug-likeness (QED) is 0.357. The fourth-order valence-electron chi connectivity index (χ4n) is 5.01. The maximum absolute atomic E-state index is 11.6. The van der Waals surface area contributed by atoms with Gasteiger partial charge >= 0.3 is 0 Å². The van der Waals surface area contributed by atoms with Gasteiger partial charge < -0.3 is 19.9 Å². The molecule has 0 unspecified atom stereocenters. The Kier molecular flexibility index (Phi) is 9.27. The number of hydrogen-bond acceptors (Lipinski definition) is 4. The zero-order chi connectivity index (χ0) is 19.3. The molecule has 1 N–H and O–H groups in total. The summed E-state index contributed by atoms with van der Waals surface area (Å²) in [7, 11) is 3.70. The number of rotatable bonds is 4. The third-order valence-electron chi connectivity index (χ3n) is 6.79. The zero-order valence-corrected chi connectivity index (χ0v) is 20.1. The molecule has 1 saturated carbocycles. The number of carbonyl (C=O) groups excluding carboxylic acids is 1. The number of halogens is 1. The molecule has 2 saturated heterocycles. The molecule has 28 heavy (non-hydrogen) atoms. The van der Waals surface area contributed by atoms with Gasteiger partial charge in [-0.3, -0.25) is 14.7 Å². The lowest BCUT2D eigenvalue weighted by Gasteiger charge is -2.46. The molecule has 3 aliphatic rings. The molecule has 0 aromatic rings. The van der Waals surface area contributed by atoms with E-state index in [-0.39, 0.29) is 35.4 Å². The number of guanidine groups is 1. The van der Waals surface area contributed by atoms with Gasteiger partial charge in [0.25, 0.3) is 0 Å². The summed E-state index contributed by atoms with van der Waals surface area (Å²) in [5, 5.41) is 3.69. The van der Waals surface area contributed by atoms with Crippen LogP contribution in [0.2, 0.25) is 0 Å². The number of aliphatic imine (C=N–C) groups is 1. The van der Waals surface area contributed by atoms with Crippen molar-refractivity contribution in [3.8, 4) is 0 Å². The van der Waals surface area contributed by atoms with Crippen LogP contribution < -0.4 is 5.32 Å². The van der Waals surface area contributed by atoms with Crippen LogP contribution in [0.25, 0.3) is 0 Å². The number of ether oxygens (including phenoxy) is 1. The summed E-state index contributed by atoms with van der Waals surface area (Å²) in [4.78, 5) is 23.0. The van der Waals surface area contributed by atoms with Crippen molar-refractivity contribution in [2.75, 3.05) is 60.0 Å². The maximum atomic E-state index is 11.6. The Morgan fingerprint density at radius 1 is 1.07 bits per heavy atom. The average molecular weight is 507 g/mol. The highest BCUT2D eigenvalue weighted by atomic mass is 127. The van der Waals surface area contributed by atoms with Gasteiger partial charge in [0.05, 0.1) is 6.10 Å². The lowest BCUT2D eigenvalue weighted by molar-refractivity contribution is -0.130. The number of methoxy groups -OCH3 is 1. The largest absolute Gasteiger partial charge is 0.381 e. The number of carbonyl (C=O) groups is 1. The summed E-state index contributed by atoms with van der Waals surface area (Å²) in [5.41, 5.74) is 0.260. The predicted molar refractivity (Wildman–Crippen MR) is 123 cm³/mol. The molecular formula is C20H38IN5O2. The van der Waals surface area contributed by atoms with E-state index in [1.807, 2.05) is 19.1 Å². The van der Waals surface area contributed by atoms with E-state index in [0.29, 0.717) is 6.10 Å². The van der Waals surface area contributed by atoms with Crippen molar-refractivity contribution in [2.45, 2.75) is 57.1 Å². The third kappa shape index (κ3) is 5.50. The molecule has 0 radical (unpaired) electrons. The lowest BCUT2D eigenvalue weighted by atomic mass is 9.91. The van der Waals surface area contributed by atoms with Gasteiger partial charge in [-0.2, -0.15) is 0 Å². The average Bonchev–Trinajstić information content (AvgIpc) is 3.19. The first-order chi connectivity index (χ1) is 13.1.